The summed E-state index contributed by atoms with van der Waals surface area (Å²) in [5.41, 5.74) is 7.96. The minimum absolute atomic E-state index is 0.0557. The lowest BCUT2D eigenvalue weighted by molar-refractivity contribution is -0.119. The Labute approximate surface area is 219 Å². The van der Waals surface area contributed by atoms with Crippen LogP contribution in [-0.2, 0) is 17.6 Å². The van der Waals surface area contributed by atoms with Gasteiger partial charge in [-0.2, -0.15) is 4.98 Å². The van der Waals surface area contributed by atoms with E-state index in [1.165, 1.54) is 0 Å². The Morgan fingerprint density at radius 1 is 1.11 bits per heavy atom. The molecule has 0 saturated carbocycles. The van der Waals surface area contributed by atoms with Crippen LogP contribution in [0.4, 0.5) is 5.82 Å². The molecule has 0 aliphatic carbocycles. The summed E-state index contributed by atoms with van der Waals surface area (Å²) in [6, 6.07) is 8.27. The monoisotopic (exact) mass is 507 g/mol. The van der Waals surface area contributed by atoms with Gasteiger partial charge in [-0.25, -0.2) is 9.97 Å². The van der Waals surface area contributed by atoms with Crippen LogP contribution in [0.3, 0.4) is 0 Å². The van der Waals surface area contributed by atoms with Gasteiger partial charge in [-0.1, -0.05) is 19.4 Å². The molecule has 2 N–H and O–H groups in total. The van der Waals surface area contributed by atoms with Crippen LogP contribution in [0, 0.1) is 0 Å². The smallest absolute Gasteiger partial charge is 0.240 e. The van der Waals surface area contributed by atoms with E-state index in [1.807, 2.05) is 22.9 Å². The number of ether oxygens (including phenoxy) is 2. The molecule has 0 radical (unpaired) electrons. The standard InChI is InChI=1S/C28H38N6O3/c1-4-8-22-18-27(32-28(31-22)33-14-13-30-20-33)34(15-7-5-6-9-23(34)19-26(29)35)16-12-21-10-11-24(36-2)25(17-21)37-3/h10-11,13-14,17-18,20,23H,4-9,12,15-16,19H2,1-3H3,(H-,29,35)/p+1. The highest BCUT2D eigenvalue weighted by Gasteiger charge is 2.42. The molecular weight excluding hydrogens is 468 g/mol. The van der Waals surface area contributed by atoms with E-state index in [2.05, 4.69) is 24.0 Å². The molecule has 3 aromatic rings. The van der Waals surface area contributed by atoms with Crippen molar-refractivity contribution in [2.24, 2.45) is 5.73 Å². The van der Waals surface area contributed by atoms with Crippen molar-refractivity contribution < 1.29 is 14.3 Å². The molecule has 2 unspecified atom stereocenters. The Morgan fingerprint density at radius 2 is 1.95 bits per heavy atom. The van der Waals surface area contributed by atoms with Crippen molar-refractivity contribution in [3.63, 3.8) is 0 Å². The first-order valence-electron chi connectivity index (χ1n) is 13.2. The summed E-state index contributed by atoms with van der Waals surface area (Å²) >= 11 is 0. The number of carbonyl (C=O) groups excluding carboxylic acids is 1. The minimum atomic E-state index is -0.266. The SMILES string of the molecule is CCCc1cc([N+]2(CCc3ccc(OC)c(OC)c3)CCCCCC2CC(N)=O)nc(-n2ccnc2)n1. The van der Waals surface area contributed by atoms with Crippen molar-refractivity contribution in [1.29, 1.82) is 0 Å². The largest absolute Gasteiger partial charge is 0.493 e. The molecule has 1 aliphatic rings. The number of primary amides is 1. The van der Waals surface area contributed by atoms with E-state index >= 15 is 0 Å². The second-order valence-corrected chi connectivity index (χ2v) is 9.83. The molecule has 37 heavy (non-hydrogen) atoms. The number of nitrogens with zero attached hydrogens (tertiary/aromatic N) is 5. The van der Waals surface area contributed by atoms with Crippen LogP contribution in [0.1, 0.15) is 56.7 Å². The molecular formula is C28H39N6O3+. The second kappa shape index (κ2) is 12.2. The van der Waals surface area contributed by atoms with Gasteiger partial charge < -0.3 is 15.2 Å². The topological polar surface area (TPSA) is 105 Å². The van der Waals surface area contributed by atoms with Crippen LogP contribution < -0.4 is 19.7 Å². The van der Waals surface area contributed by atoms with Crippen molar-refractivity contribution >= 4 is 11.7 Å². The van der Waals surface area contributed by atoms with Gasteiger partial charge in [0.05, 0.1) is 39.4 Å². The Kier molecular flexibility index (Phi) is 8.76. The van der Waals surface area contributed by atoms with Gasteiger partial charge in [-0.05, 0) is 43.4 Å². The fourth-order valence-corrected chi connectivity index (χ4v) is 5.54. The lowest BCUT2D eigenvalue weighted by Crippen LogP contribution is -2.59. The molecule has 198 valence electrons. The molecule has 1 amide bonds. The van der Waals surface area contributed by atoms with Gasteiger partial charge >= 0.3 is 0 Å². The Balaban J connectivity index is 1.81. The highest BCUT2D eigenvalue weighted by molar-refractivity contribution is 5.74. The van der Waals surface area contributed by atoms with E-state index < -0.39 is 0 Å². The van der Waals surface area contributed by atoms with Gasteiger partial charge in [0.25, 0.3) is 0 Å². The van der Waals surface area contributed by atoms with Crippen molar-refractivity contribution in [3.8, 4) is 17.4 Å². The Hall–Kier alpha value is -3.46. The molecule has 1 fully saturated rings. The fourth-order valence-electron chi connectivity index (χ4n) is 5.54. The fraction of sp³-hybridized carbons (Fsp3) is 0.500. The minimum Gasteiger partial charge on any atom is -0.493 e. The summed E-state index contributed by atoms with van der Waals surface area (Å²) in [5, 5.41) is 0. The van der Waals surface area contributed by atoms with Crippen LogP contribution >= 0.6 is 0 Å². The molecule has 1 saturated heterocycles. The molecule has 3 heterocycles. The summed E-state index contributed by atoms with van der Waals surface area (Å²) in [4.78, 5) is 26.4. The average Bonchev–Trinajstić information content (AvgIpc) is 3.37. The van der Waals surface area contributed by atoms with E-state index in [9.17, 15) is 4.79 Å². The van der Waals surface area contributed by atoms with E-state index in [1.54, 1.807) is 26.7 Å². The molecule has 9 heteroatoms. The highest BCUT2D eigenvalue weighted by atomic mass is 16.5. The van der Waals surface area contributed by atoms with E-state index in [4.69, 9.17) is 25.2 Å². The van der Waals surface area contributed by atoms with Crippen LogP contribution in [-0.4, -0.2) is 58.8 Å². The number of benzene rings is 1. The summed E-state index contributed by atoms with van der Waals surface area (Å²) in [6.45, 7) is 3.85. The van der Waals surface area contributed by atoms with E-state index in [0.717, 1.165) is 75.1 Å². The molecule has 2 atom stereocenters. The predicted molar refractivity (Wildman–Crippen MR) is 144 cm³/mol. The summed E-state index contributed by atoms with van der Waals surface area (Å²) in [7, 11) is 3.30. The first-order chi connectivity index (χ1) is 18.0. The van der Waals surface area contributed by atoms with Gasteiger partial charge in [-0.15, -0.1) is 0 Å². The van der Waals surface area contributed by atoms with Gasteiger partial charge in [0, 0.05) is 31.3 Å². The zero-order chi connectivity index (χ0) is 26.3. The maximum Gasteiger partial charge on any atom is 0.240 e. The van der Waals surface area contributed by atoms with Crippen LogP contribution in [0.25, 0.3) is 5.95 Å². The number of hydrogen-bond acceptors (Lipinski definition) is 6. The van der Waals surface area contributed by atoms with Gasteiger partial charge in [0.15, 0.2) is 11.5 Å². The third-order valence-electron chi connectivity index (χ3n) is 7.43. The zero-order valence-corrected chi connectivity index (χ0v) is 22.2. The van der Waals surface area contributed by atoms with Gasteiger partial charge in [-0.3, -0.25) is 13.8 Å². The molecule has 0 spiro atoms. The maximum atomic E-state index is 12.3. The number of aryl methyl sites for hydroxylation is 1. The van der Waals surface area contributed by atoms with Crippen molar-refractivity contribution in [1.82, 2.24) is 24.0 Å². The summed E-state index contributed by atoms with van der Waals surface area (Å²) < 4.78 is 13.4. The number of methoxy groups -OCH3 is 2. The average molecular weight is 508 g/mol. The van der Waals surface area contributed by atoms with Gasteiger partial charge in [0.2, 0.25) is 17.7 Å². The van der Waals surface area contributed by atoms with E-state index in [-0.39, 0.29) is 11.9 Å². The highest BCUT2D eigenvalue weighted by Crippen LogP contribution is 2.35. The number of rotatable bonds is 11. The molecule has 9 nitrogen and oxygen atoms in total. The zero-order valence-electron chi connectivity index (χ0n) is 22.2. The number of imidazole rings is 1. The summed E-state index contributed by atoms with van der Waals surface area (Å²) in [5.74, 6) is 2.73. The van der Waals surface area contributed by atoms with Crippen LogP contribution in [0.5, 0.6) is 11.5 Å². The number of nitrogens with two attached hydrogens (primary N) is 1. The van der Waals surface area contributed by atoms with Crippen molar-refractivity contribution in [2.45, 2.75) is 64.3 Å². The molecule has 4 rings (SSSR count). The quantitative estimate of drug-likeness (QED) is 0.393. The molecule has 0 bridgehead atoms. The number of likely N-dealkylation sites (tertiary alicyclic amines) is 1. The lowest BCUT2D eigenvalue weighted by Gasteiger charge is -2.42. The normalized spacial score (nSPS) is 19.8. The third kappa shape index (κ3) is 6.10. The van der Waals surface area contributed by atoms with E-state index in [0.29, 0.717) is 28.4 Å². The van der Waals surface area contributed by atoms with Crippen molar-refractivity contribution in [2.75, 3.05) is 27.3 Å². The first kappa shape index (κ1) is 26.6. The number of aromatic nitrogens is 4. The number of hydrogen-bond donors (Lipinski definition) is 1. The number of amides is 1. The Morgan fingerprint density at radius 3 is 2.65 bits per heavy atom. The number of quaternary nitrogens is 1. The second-order valence-electron chi connectivity index (χ2n) is 9.83. The molecule has 1 aromatic carbocycles. The molecule has 2 aromatic heterocycles. The first-order valence-corrected chi connectivity index (χ1v) is 13.2. The van der Waals surface area contributed by atoms with Gasteiger partial charge in [0.1, 0.15) is 12.4 Å². The lowest BCUT2D eigenvalue weighted by atomic mass is 10.0. The number of carbonyl (C=O) groups is 1. The maximum absolute atomic E-state index is 12.3. The molecule has 1 aliphatic heterocycles. The van der Waals surface area contributed by atoms with Crippen LogP contribution in [0.2, 0.25) is 0 Å². The van der Waals surface area contributed by atoms with Crippen LogP contribution in [0.15, 0.2) is 43.0 Å². The third-order valence-corrected chi connectivity index (χ3v) is 7.43. The van der Waals surface area contributed by atoms with Crippen molar-refractivity contribution in [3.05, 3.63) is 54.2 Å². The predicted octanol–water partition coefficient (Wildman–Crippen LogP) is 4.00. The summed E-state index contributed by atoms with van der Waals surface area (Å²) in [6.07, 6.45) is 12.5. The Bertz CT molecular complexity index is 1180.